The Hall–Kier alpha value is -1.70. The molecule has 0 saturated carbocycles. The fourth-order valence-electron chi connectivity index (χ4n) is 0.914. The van der Waals surface area contributed by atoms with Crippen molar-refractivity contribution in [1.29, 1.82) is 0 Å². The van der Waals surface area contributed by atoms with Gasteiger partial charge in [0, 0.05) is 19.5 Å². The molecule has 1 aromatic heterocycles. The summed E-state index contributed by atoms with van der Waals surface area (Å²) in [5, 5.41) is 16.6. The van der Waals surface area contributed by atoms with Crippen molar-refractivity contribution in [1.82, 2.24) is 31.4 Å². The molecule has 0 fully saturated rings. The third-order valence-corrected chi connectivity index (χ3v) is 1.74. The Kier molecular flexibility index (Phi) is 3.80. The van der Waals surface area contributed by atoms with Gasteiger partial charge in [-0.2, -0.15) is 5.21 Å². The first kappa shape index (κ1) is 10.4. The second kappa shape index (κ2) is 5.12. The Bertz CT molecular complexity index is 278. The van der Waals surface area contributed by atoms with Crippen LogP contribution in [0, 0.1) is 0 Å². The third-order valence-electron chi connectivity index (χ3n) is 1.74. The molecule has 1 atom stereocenters. The lowest BCUT2D eigenvalue weighted by Crippen LogP contribution is -2.42. The largest absolute Gasteiger partial charge is 0.355 e. The summed E-state index contributed by atoms with van der Waals surface area (Å²) in [6.45, 7) is 2.61. The molecule has 0 aliphatic heterocycles. The van der Waals surface area contributed by atoms with Crippen LogP contribution < -0.4 is 16.6 Å². The summed E-state index contributed by atoms with van der Waals surface area (Å²) in [5.41, 5.74) is 2.43. The first-order valence-corrected chi connectivity index (χ1v) is 4.18. The first-order chi connectivity index (χ1) is 6.77. The topological polar surface area (TPSA) is 117 Å². The smallest absolute Gasteiger partial charge is 0.205 e. The molecule has 0 radical (unpaired) electrons. The van der Waals surface area contributed by atoms with E-state index in [1.54, 1.807) is 7.05 Å². The van der Waals surface area contributed by atoms with Crippen LogP contribution in [0.5, 0.6) is 0 Å². The average Bonchev–Trinajstić information content (AvgIpc) is 2.72. The molecule has 1 unspecified atom stereocenters. The summed E-state index contributed by atoms with van der Waals surface area (Å²) >= 11 is 0. The van der Waals surface area contributed by atoms with E-state index < -0.39 is 0 Å². The number of H-pyrrole nitrogens is 1. The van der Waals surface area contributed by atoms with Crippen molar-refractivity contribution < 1.29 is 0 Å². The number of nitrogens with zero attached hydrogens (tertiary/aromatic N) is 4. The summed E-state index contributed by atoms with van der Waals surface area (Å²) < 4.78 is 0. The maximum Gasteiger partial charge on any atom is 0.205 e. The molecule has 0 spiro atoms. The lowest BCUT2D eigenvalue weighted by atomic mass is 10.2. The normalized spacial score (nSPS) is 13.8. The maximum atomic E-state index is 5.20. The Morgan fingerprint density at radius 1 is 1.71 bits per heavy atom. The monoisotopic (exact) mass is 198 g/mol. The fraction of sp³-hybridized carbons (Fsp3) is 0.667. The lowest BCUT2D eigenvalue weighted by molar-refractivity contribution is 0.664. The van der Waals surface area contributed by atoms with E-state index in [0.717, 1.165) is 0 Å². The van der Waals surface area contributed by atoms with Crippen LogP contribution in [0.2, 0.25) is 0 Å². The summed E-state index contributed by atoms with van der Waals surface area (Å²) in [6, 6.07) is 0. The number of nitrogens with one attached hydrogen (secondary N) is 3. The highest BCUT2D eigenvalue weighted by atomic mass is 15.5. The van der Waals surface area contributed by atoms with E-state index in [0.29, 0.717) is 18.3 Å². The van der Waals surface area contributed by atoms with Crippen molar-refractivity contribution in [2.24, 2.45) is 10.8 Å². The second-order valence-corrected chi connectivity index (χ2v) is 2.77. The minimum Gasteiger partial charge on any atom is -0.355 e. The van der Waals surface area contributed by atoms with Crippen molar-refractivity contribution >= 4 is 5.96 Å². The van der Waals surface area contributed by atoms with Gasteiger partial charge < -0.3 is 5.32 Å². The van der Waals surface area contributed by atoms with Crippen molar-refractivity contribution in [2.75, 3.05) is 13.6 Å². The van der Waals surface area contributed by atoms with E-state index in [1.165, 1.54) is 0 Å². The van der Waals surface area contributed by atoms with Crippen LogP contribution >= 0.6 is 0 Å². The van der Waals surface area contributed by atoms with Crippen molar-refractivity contribution in [3.63, 3.8) is 0 Å². The molecule has 0 amide bonds. The van der Waals surface area contributed by atoms with Crippen LogP contribution in [-0.4, -0.2) is 40.2 Å². The zero-order chi connectivity index (χ0) is 10.4. The number of hydrazine groups is 1. The molecule has 8 nitrogen and oxygen atoms in total. The van der Waals surface area contributed by atoms with Gasteiger partial charge in [0.2, 0.25) is 5.96 Å². The standard InChI is InChI=1S/C6H14N8/c1-4(5-11-13-14-12-5)3-9-6(8-2)10-7/h4H,3,7H2,1-2H3,(H2,8,9,10)(H,11,12,13,14). The Balaban J connectivity index is 2.39. The van der Waals surface area contributed by atoms with Gasteiger partial charge >= 0.3 is 0 Å². The molecule has 0 aliphatic rings. The molecule has 0 bridgehead atoms. The molecule has 5 N–H and O–H groups in total. The van der Waals surface area contributed by atoms with E-state index in [9.17, 15) is 0 Å². The molecule has 1 heterocycles. The van der Waals surface area contributed by atoms with E-state index >= 15 is 0 Å². The fourth-order valence-corrected chi connectivity index (χ4v) is 0.914. The van der Waals surface area contributed by atoms with Gasteiger partial charge in [-0.3, -0.25) is 10.4 Å². The van der Waals surface area contributed by atoms with Crippen LogP contribution in [0.1, 0.15) is 18.7 Å². The third kappa shape index (κ3) is 2.66. The number of aromatic nitrogens is 4. The predicted molar refractivity (Wildman–Crippen MR) is 51.3 cm³/mol. The highest BCUT2D eigenvalue weighted by Crippen LogP contribution is 2.04. The Morgan fingerprint density at radius 3 is 3.00 bits per heavy atom. The molecular formula is C6H14N8. The van der Waals surface area contributed by atoms with Crippen molar-refractivity contribution in [2.45, 2.75) is 12.8 Å². The van der Waals surface area contributed by atoms with Gasteiger partial charge in [-0.1, -0.05) is 12.1 Å². The highest BCUT2D eigenvalue weighted by molar-refractivity contribution is 5.78. The SMILES string of the molecule is CN=C(NN)NCC(C)c1nn[nH]n1. The van der Waals surface area contributed by atoms with Gasteiger partial charge in [-0.15, -0.1) is 10.2 Å². The minimum absolute atomic E-state index is 0.138. The highest BCUT2D eigenvalue weighted by Gasteiger charge is 2.10. The van der Waals surface area contributed by atoms with Crippen LogP contribution in [-0.2, 0) is 0 Å². The predicted octanol–water partition coefficient (Wildman–Crippen LogP) is -1.66. The van der Waals surface area contributed by atoms with Gasteiger partial charge in [0.15, 0.2) is 5.82 Å². The number of rotatable bonds is 3. The van der Waals surface area contributed by atoms with Gasteiger partial charge in [0.25, 0.3) is 0 Å². The minimum atomic E-state index is 0.138. The Morgan fingerprint density at radius 2 is 2.50 bits per heavy atom. The summed E-state index contributed by atoms with van der Waals surface area (Å²) in [5.74, 6) is 6.52. The number of guanidine groups is 1. The van der Waals surface area contributed by atoms with E-state index in [1.807, 2.05) is 6.92 Å². The van der Waals surface area contributed by atoms with E-state index in [4.69, 9.17) is 5.84 Å². The lowest BCUT2D eigenvalue weighted by Gasteiger charge is -2.10. The van der Waals surface area contributed by atoms with E-state index in [-0.39, 0.29) is 5.92 Å². The van der Waals surface area contributed by atoms with Gasteiger partial charge in [0.05, 0.1) is 0 Å². The van der Waals surface area contributed by atoms with Crippen molar-refractivity contribution in [3.8, 4) is 0 Å². The average molecular weight is 198 g/mol. The number of aliphatic imine (C=N–C) groups is 1. The number of nitrogens with two attached hydrogens (primary N) is 1. The summed E-state index contributed by atoms with van der Waals surface area (Å²) in [4.78, 5) is 3.86. The summed E-state index contributed by atoms with van der Waals surface area (Å²) in [6.07, 6.45) is 0. The van der Waals surface area contributed by atoms with Crippen molar-refractivity contribution in [3.05, 3.63) is 5.82 Å². The molecule has 0 saturated heterocycles. The van der Waals surface area contributed by atoms with Crippen LogP contribution in [0.15, 0.2) is 4.99 Å². The number of tetrazole rings is 1. The van der Waals surface area contributed by atoms with E-state index in [2.05, 4.69) is 36.4 Å². The number of aromatic amines is 1. The zero-order valence-electron chi connectivity index (χ0n) is 8.15. The molecule has 8 heteroatoms. The maximum absolute atomic E-state index is 5.20. The molecule has 14 heavy (non-hydrogen) atoms. The van der Waals surface area contributed by atoms with Crippen LogP contribution in [0.3, 0.4) is 0 Å². The Labute approximate surface area is 81.3 Å². The second-order valence-electron chi connectivity index (χ2n) is 2.77. The van der Waals surface area contributed by atoms with Crippen LogP contribution in [0.4, 0.5) is 0 Å². The molecule has 0 aliphatic carbocycles. The number of hydrogen-bond acceptors (Lipinski definition) is 5. The molecule has 1 aromatic rings. The molecular weight excluding hydrogens is 184 g/mol. The number of hydrogen-bond donors (Lipinski definition) is 4. The molecule has 0 aromatic carbocycles. The quantitative estimate of drug-likeness (QED) is 0.200. The van der Waals surface area contributed by atoms with Gasteiger partial charge in [0.1, 0.15) is 0 Å². The first-order valence-electron chi connectivity index (χ1n) is 4.18. The molecule has 1 rings (SSSR count). The zero-order valence-corrected chi connectivity index (χ0v) is 8.15. The van der Waals surface area contributed by atoms with Gasteiger partial charge in [-0.25, -0.2) is 5.84 Å². The van der Waals surface area contributed by atoms with Crippen LogP contribution in [0.25, 0.3) is 0 Å². The molecule has 78 valence electrons. The van der Waals surface area contributed by atoms with Gasteiger partial charge in [-0.05, 0) is 0 Å². The summed E-state index contributed by atoms with van der Waals surface area (Å²) in [7, 11) is 1.64.